The van der Waals surface area contributed by atoms with E-state index in [1.165, 1.54) is 18.5 Å². The lowest BCUT2D eigenvalue weighted by Gasteiger charge is -2.27. The second kappa shape index (κ2) is 16.0. The Hall–Kier alpha value is -6.59. The maximum absolute atomic E-state index is 13.0. The summed E-state index contributed by atoms with van der Waals surface area (Å²) in [6.45, 7) is 0.980. The number of piperidine rings is 1. The molecule has 0 aliphatic carbocycles. The summed E-state index contributed by atoms with van der Waals surface area (Å²) in [7, 11) is 0. The maximum Gasteiger partial charge on any atom is 0.323 e. The number of aromatic nitrogens is 2. The molecule has 0 saturated carbocycles. The number of imide groups is 2. The summed E-state index contributed by atoms with van der Waals surface area (Å²) in [6.07, 6.45) is 4.54. The summed E-state index contributed by atoms with van der Waals surface area (Å²) in [6, 6.07) is 16.6. The molecule has 6 rings (SSSR count). The molecule has 15 heteroatoms. The van der Waals surface area contributed by atoms with E-state index in [4.69, 9.17) is 11.6 Å². The number of fused-ring (bicyclic) bond motifs is 1. The van der Waals surface area contributed by atoms with Crippen molar-refractivity contribution in [3.05, 3.63) is 112 Å². The van der Waals surface area contributed by atoms with Crippen molar-refractivity contribution in [1.29, 1.82) is 0 Å². The fourth-order valence-electron chi connectivity index (χ4n) is 5.59. The monoisotopic (exact) mass is 718 g/mol. The molecule has 1 saturated heterocycles. The maximum atomic E-state index is 13.0. The molecular weight excluding hydrogens is 688 g/mol. The van der Waals surface area contributed by atoms with Crippen LogP contribution in [-0.4, -0.2) is 69.6 Å². The SMILES string of the molecule is O=C1CCC(N2C(=O)c3ccc(NCCCCNC(=O)c4cccc(C#Cc5cc(NC(=O)Nc6ccnc(Cl)c6)ccn5)c4)cc3C2=O)C(=O)N1. The number of benzene rings is 2. The molecule has 0 bridgehead atoms. The van der Waals surface area contributed by atoms with Gasteiger partial charge in [0.15, 0.2) is 0 Å². The van der Waals surface area contributed by atoms with Crippen molar-refractivity contribution in [2.24, 2.45) is 0 Å². The lowest BCUT2D eigenvalue weighted by Crippen LogP contribution is -2.54. The number of hydrogen-bond acceptors (Lipinski definition) is 9. The van der Waals surface area contributed by atoms with Crippen LogP contribution in [0.5, 0.6) is 0 Å². The van der Waals surface area contributed by atoms with Gasteiger partial charge in [0.1, 0.15) is 16.9 Å². The Bertz CT molecular complexity index is 2160. The molecule has 14 nitrogen and oxygen atoms in total. The summed E-state index contributed by atoms with van der Waals surface area (Å²) in [4.78, 5) is 84.0. The normalized spacial score (nSPS) is 14.9. The Morgan fingerprint density at radius 3 is 2.37 bits per heavy atom. The van der Waals surface area contributed by atoms with Crippen LogP contribution < -0.4 is 26.6 Å². The Balaban J connectivity index is 0.944. The van der Waals surface area contributed by atoms with Crippen molar-refractivity contribution < 1.29 is 28.8 Å². The van der Waals surface area contributed by atoms with Crippen LogP contribution in [0, 0.1) is 11.8 Å². The van der Waals surface area contributed by atoms with Crippen molar-refractivity contribution >= 4 is 64.2 Å². The Morgan fingerprint density at radius 2 is 1.58 bits per heavy atom. The first-order chi connectivity index (χ1) is 25.1. The van der Waals surface area contributed by atoms with Gasteiger partial charge in [-0.3, -0.25) is 34.2 Å². The number of carbonyl (C=O) groups is 6. The van der Waals surface area contributed by atoms with Crippen LogP contribution in [-0.2, 0) is 9.59 Å². The summed E-state index contributed by atoms with van der Waals surface area (Å²) in [5, 5.41) is 14.0. The molecule has 7 amide bonds. The van der Waals surface area contributed by atoms with Crippen LogP contribution in [0.3, 0.4) is 0 Å². The van der Waals surface area contributed by atoms with Gasteiger partial charge >= 0.3 is 6.03 Å². The van der Waals surface area contributed by atoms with Crippen LogP contribution >= 0.6 is 11.6 Å². The molecule has 0 spiro atoms. The van der Waals surface area contributed by atoms with Crippen LogP contribution in [0.25, 0.3) is 0 Å². The molecule has 262 valence electrons. The first kappa shape index (κ1) is 35.2. The number of rotatable bonds is 10. The van der Waals surface area contributed by atoms with Gasteiger partial charge in [0.25, 0.3) is 17.7 Å². The molecule has 5 N–H and O–H groups in total. The smallest absolute Gasteiger partial charge is 0.323 e. The molecule has 2 aliphatic rings. The van der Waals surface area contributed by atoms with Gasteiger partial charge in [0, 0.05) is 60.1 Å². The average molecular weight is 719 g/mol. The molecular formula is C37H31ClN8O6. The number of pyridine rings is 2. The third kappa shape index (κ3) is 8.58. The average Bonchev–Trinajstić information content (AvgIpc) is 3.37. The van der Waals surface area contributed by atoms with Gasteiger partial charge < -0.3 is 21.3 Å². The molecule has 2 aromatic carbocycles. The summed E-state index contributed by atoms with van der Waals surface area (Å²) < 4.78 is 0. The van der Waals surface area contributed by atoms with E-state index in [-0.39, 0.29) is 35.0 Å². The van der Waals surface area contributed by atoms with Crippen molar-refractivity contribution in [3.63, 3.8) is 0 Å². The molecule has 4 heterocycles. The van der Waals surface area contributed by atoms with Gasteiger partial charge in [-0.25, -0.2) is 14.8 Å². The quantitative estimate of drug-likeness (QED) is 0.0692. The molecule has 1 unspecified atom stereocenters. The highest BCUT2D eigenvalue weighted by Gasteiger charge is 2.44. The van der Waals surface area contributed by atoms with Gasteiger partial charge in [-0.1, -0.05) is 23.6 Å². The number of amides is 7. The minimum absolute atomic E-state index is 0.0564. The second-order valence-corrected chi connectivity index (χ2v) is 12.2. The van der Waals surface area contributed by atoms with E-state index < -0.39 is 35.7 Å². The number of hydrogen-bond donors (Lipinski definition) is 5. The summed E-state index contributed by atoms with van der Waals surface area (Å²) in [5.74, 6) is 3.51. The first-order valence-corrected chi connectivity index (χ1v) is 16.7. The number of urea groups is 1. The predicted molar refractivity (Wildman–Crippen MR) is 192 cm³/mol. The van der Waals surface area contributed by atoms with E-state index in [1.54, 1.807) is 60.7 Å². The predicted octanol–water partition coefficient (Wildman–Crippen LogP) is 4.20. The molecule has 1 atom stereocenters. The third-order valence-electron chi connectivity index (χ3n) is 8.12. The van der Waals surface area contributed by atoms with Gasteiger partial charge in [0.05, 0.1) is 11.1 Å². The zero-order chi connectivity index (χ0) is 36.6. The number of carbonyl (C=O) groups excluding carboxylic acids is 6. The van der Waals surface area contributed by atoms with Gasteiger partial charge in [-0.05, 0) is 85.8 Å². The lowest BCUT2D eigenvalue weighted by molar-refractivity contribution is -0.136. The van der Waals surface area contributed by atoms with Crippen molar-refractivity contribution in [2.75, 3.05) is 29.0 Å². The van der Waals surface area contributed by atoms with Crippen molar-refractivity contribution in [3.8, 4) is 11.8 Å². The highest BCUT2D eigenvalue weighted by molar-refractivity contribution is 6.29. The number of halogens is 1. The minimum atomic E-state index is -1.02. The van der Waals surface area contributed by atoms with E-state index >= 15 is 0 Å². The molecule has 0 radical (unpaired) electrons. The van der Waals surface area contributed by atoms with Gasteiger partial charge in [0.2, 0.25) is 11.8 Å². The summed E-state index contributed by atoms with van der Waals surface area (Å²) in [5.41, 5.74) is 3.51. The fourth-order valence-corrected chi connectivity index (χ4v) is 5.77. The third-order valence-corrected chi connectivity index (χ3v) is 8.33. The van der Waals surface area contributed by atoms with E-state index in [0.717, 1.165) is 4.90 Å². The number of nitrogens with zero attached hydrogens (tertiary/aromatic N) is 3. The highest BCUT2D eigenvalue weighted by Crippen LogP contribution is 2.29. The standard InChI is InChI=1S/C37H31ClN8O6/c38-31-21-27(13-17-41-31)44-37(52)43-26-12-16-40-24(19-26)7-6-22-4-3-5-23(18-22)33(48)42-15-2-1-14-39-25-8-9-28-29(20-25)36(51)46(35(28)50)30-10-11-32(47)45-34(30)49/h3-5,8-9,12-13,16-21,30,39H,1-2,10-11,14-15H2,(H,42,48)(H,45,47,49)(H2,40,41,43,44,52). The number of unbranched alkanes of at least 4 members (excludes halogenated alkanes) is 1. The molecule has 4 aromatic rings. The fraction of sp³-hybridized carbons (Fsp3) is 0.189. The lowest BCUT2D eigenvalue weighted by atomic mass is 10.0. The highest BCUT2D eigenvalue weighted by atomic mass is 35.5. The molecule has 2 aromatic heterocycles. The zero-order valence-corrected chi connectivity index (χ0v) is 28.3. The minimum Gasteiger partial charge on any atom is -0.385 e. The largest absolute Gasteiger partial charge is 0.385 e. The molecule has 2 aliphatic heterocycles. The van der Waals surface area contributed by atoms with E-state index in [0.29, 0.717) is 59.8 Å². The van der Waals surface area contributed by atoms with Crippen LogP contribution in [0.4, 0.5) is 21.9 Å². The molecule has 52 heavy (non-hydrogen) atoms. The Labute approximate surface area is 302 Å². The van der Waals surface area contributed by atoms with Gasteiger partial charge in [-0.2, -0.15) is 0 Å². The topological polar surface area (TPSA) is 192 Å². The van der Waals surface area contributed by atoms with Crippen molar-refractivity contribution in [1.82, 2.24) is 25.5 Å². The van der Waals surface area contributed by atoms with Crippen LogP contribution in [0.15, 0.2) is 79.1 Å². The Kier molecular flexibility index (Phi) is 10.8. The van der Waals surface area contributed by atoms with E-state index in [2.05, 4.69) is 48.4 Å². The number of nitrogens with one attached hydrogen (secondary N) is 5. The van der Waals surface area contributed by atoms with Gasteiger partial charge in [-0.15, -0.1) is 0 Å². The van der Waals surface area contributed by atoms with Crippen molar-refractivity contribution in [2.45, 2.75) is 31.7 Å². The zero-order valence-electron chi connectivity index (χ0n) is 27.5. The number of anilines is 3. The van der Waals surface area contributed by atoms with E-state index in [1.807, 2.05) is 0 Å². The first-order valence-electron chi connectivity index (χ1n) is 16.3. The molecule has 1 fully saturated rings. The second-order valence-electron chi connectivity index (χ2n) is 11.8. The summed E-state index contributed by atoms with van der Waals surface area (Å²) >= 11 is 5.86. The van der Waals surface area contributed by atoms with E-state index in [9.17, 15) is 28.8 Å². The van der Waals surface area contributed by atoms with Crippen LogP contribution in [0.2, 0.25) is 5.15 Å². The van der Waals surface area contributed by atoms with Crippen LogP contribution in [0.1, 0.15) is 68.0 Å². The Morgan fingerprint density at radius 1 is 0.827 bits per heavy atom.